The van der Waals surface area contributed by atoms with Gasteiger partial charge in [-0.05, 0) is 6.92 Å². The van der Waals surface area contributed by atoms with Gasteiger partial charge in [0.1, 0.15) is 0 Å². The van der Waals surface area contributed by atoms with E-state index in [0.717, 1.165) is 12.0 Å². The van der Waals surface area contributed by atoms with Gasteiger partial charge in [0.25, 0.3) is 0 Å². The van der Waals surface area contributed by atoms with Gasteiger partial charge < -0.3 is 9.92 Å². The summed E-state index contributed by atoms with van der Waals surface area (Å²) in [5, 5.41) is 0. The van der Waals surface area contributed by atoms with E-state index < -0.39 is 0 Å². The number of nitrogens with two attached hydrogens (primary N) is 1. The zero-order valence-corrected chi connectivity index (χ0v) is 6.40. The van der Waals surface area contributed by atoms with E-state index in [1.165, 1.54) is 6.92 Å². The first kappa shape index (κ1) is 8.78. The molecular formula is C5H11NO2S. The van der Waals surface area contributed by atoms with Crippen molar-refractivity contribution in [2.45, 2.75) is 19.9 Å². The van der Waals surface area contributed by atoms with E-state index in [1.807, 2.05) is 6.92 Å². The lowest BCUT2D eigenvalue weighted by molar-refractivity contribution is -0.130. The van der Waals surface area contributed by atoms with Crippen molar-refractivity contribution in [2.75, 3.05) is 5.75 Å². The number of rotatable bonds is 3. The van der Waals surface area contributed by atoms with Gasteiger partial charge in [0.2, 0.25) is 0 Å². The van der Waals surface area contributed by atoms with Gasteiger partial charge in [0.15, 0.2) is 0 Å². The van der Waals surface area contributed by atoms with Crippen LogP contribution in [0.2, 0.25) is 0 Å². The summed E-state index contributed by atoms with van der Waals surface area (Å²) < 4.78 is 4.55. The first-order valence-electron chi connectivity index (χ1n) is 2.68. The highest BCUT2D eigenvalue weighted by Crippen LogP contribution is 2.02. The molecule has 0 radical (unpaired) electrons. The van der Waals surface area contributed by atoms with Crippen molar-refractivity contribution in [2.24, 2.45) is 5.73 Å². The molecule has 0 aliphatic heterocycles. The van der Waals surface area contributed by atoms with Crippen LogP contribution >= 0.6 is 12.0 Å². The Morgan fingerprint density at radius 3 is 2.78 bits per heavy atom. The van der Waals surface area contributed by atoms with Crippen LogP contribution < -0.4 is 5.73 Å². The van der Waals surface area contributed by atoms with Gasteiger partial charge in [-0.15, -0.1) is 0 Å². The third-order valence-corrected chi connectivity index (χ3v) is 1.52. The Kier molecular flexibility index (Phi) is 4.53. The maximum Gasteiger partial charge on any atom is 0.314 e. The van der Waals surface area contributed by atoms with Gasteiger partial charge in [0.05, 0.1) is 12.0 Å². The molecule has 0 aromatic heterocycles. The lowest BCUT2D eigenvalue weighted by Crippen LogP contribution is -2.17. The Balaban J connectivity index is 3.01. The van der Waals surface area contributed by atoms with Crippen LogP contribution in [0.3, 0.4) is 0 Å². The van der Waals surface area contributed by atoms with Crippen molar-refractivity contribution in [1.82, 2.24) is 0 Å². The molecule has 0 aromatic rings. The summed E-state index contributed by atoms with van der Waals surface area (Å²) >= 11 is 1.09. The largest absolute Gasteiger partial charge is 0.392 e. The van der Waals surface area contributed by atoms with E-state index >= 15 is 0 Å². The third-order valence-electron chi connectivity index (χ3n) is 0.507. The molecule has 0 fully saturated rings. The molecule has 0 saturated carbocycles. The molecule has 1 unspecified atom stereocenters. The van der Waals surface area contributed by atoms with Crippen LogP contribution in [0, 0.1) is 0 Å². The predicted molar refractivity (Wildman–Crippen MR) is 37.9 cm³/mol. The molecule has 0 bridgehead atoms. The van der Waals surface area contributed by atoms with Gasteiger partial charge in [-0.25, -0.2) is 0 Å². The van der Waals surface area contributed by atoms with E-state index in [1.54, 1.807) is 0 Å². The summed E-state index contributed by atoms with van der Waals surface area (Å²) in [4.78, 5) is 10.1. The van der Waals surface area contributed by atoms with Gasteiger partial charge in [-0.3, -0.25) is 4.79 Å². The molecule has 0 aliphatic rings. The number of hydrogen-bond donors (Lipinski definition) is 1. The molecule has 1 atom stereocenters. The van der Waals surface area contributed by atoms with Crippen LogP contribution in [-0.4, -0.2) is 17.8 Å². The molecule has 0 amide bonds. The lowest BCUT2D eigenvalue weighted by Gasteiger charge is -2.01. The van der Waals surface area contributed by atoms with E-state index in [2.05, 4.69) is 4.18 Å². The van der Waals surface area contributed by atoms with E-state index in [-0.39, 0.29) is 12.0 Å². The summed E-state index contributed by atoms with van der Waals surface area (Å²) in [5.74, 6) is 0.375. The molecular weight excluding hydrogens is 138 g/mol. The normalized spacial score (nSPS) is 12.8. The first-order chi connectivity index (χ1) is 4.13. The minimum atomic E-state index is -0.277. The van der Waals surface area contributed by atoms with Gasteiger partial charge in [-0.1, -0.05) is 0 Å². The Morgan fingerprint density at radius 1 is 1.89 bits per heavy atom. The topological polar surface area (TPSA) is 52.3 Å². The second-order valence-electron chi connectivity index (χ2n) is 1.84. The summed E-state index contributed by atoms with van der Waals surface area (Å²) in [5.41, 5.74) is 5.37. The van der Waals surface area contributed by atoms with Crippen LogP contribution in [0.1, 0.15) is 13.8 Å². The molecule has 4 heteroatoms. The highest BCUT2D eigenvalue weighted by Gasteiger charge is 1.96. The highest BCUT2D eigenvalue weighted by molar-refractivity contribution is 7.95. The van der Waals surface area contributed by atoms with Crippen molar-refractivity contribution in [3.05, 3.63) is 0 Å². The van der Waals surface area contributed by atoms with Crippen LogP contribution in [0.25, 0.3) is 0 Å². The Hall–Kier alpha value is -0.220. The van der Waals surface area contributed by atoms with Gasteiger partial charge in [-0.2, -0.15) is 0 Å². The zero-order chi connectivity index (χ0) is 7.28. The predicted octanol–water partition coefficient (Wildman–Crippen LogP) is 0.545. The van der Waals surface area contributed by atoms with Crippen LogP contribution in [0.15, 0.2) is 0 Å². The summed E-state index contributed by atoms with van der Waals surface area (Å²) in [7, 11) is 0. The number of hydrogen-bond acceptors (Lipinski definition) is 4. The Morgan fingerprint density at radius 2 is 2.44 bits per heavy atom. The third kappa shape index (κ3) is 7.78. The SMILES string of the molecule is CC(=O)OSCC(C)N. The minimum Gasteiger partial charge on any atom is -0.392 e. The van der Waals surface area contributed by atoms with Crippen molar-refractivity contribution in [1.29, 1.82) is 0 Å². The molecule has 9 heavy (non-hydrogen) atoms. The van der Waals surface area contributed by atoms with Crippen molar-refractivity contribution in [3.8, 4) is 0 Å². The average Bonchev–Trinajstić information content (AvgIpc) is 1.63. The van der Waals surface area contributed by atoms with Crippen molar-refractivity contribution in [3.63, 3.8) is 0 Å². The molecule has 0 aliphatic carbocycles. The van der Waals surface area contributed by atoms with Crippen LogP contribution in [-0.2, 0) is 8.98 Å². The van der Waals surface area contributed by atoms with Crippen LogP contribution in [0.5, 0.6) is 0 Å². The number of carbonyl (C=O) groups excluding carboxylic acids is 1. The molecule has 2 N–H and O–H groups in total. The quantitative estimate of drug-likeness (QED) is 0.595. The van der Waals surface area contributed by atoms with E-state index in [9.17, 15) is 4.79 Å². The smallest absolute Gasteiger partial charge is 0.314 e. The highest BCUT2D eigenvalue weighted by atomic mass is 32.2. The van der Waals surface area contributed by atoms with Gasteiger partial charge in [0, 0.05) is 18.7 Å². The Bertz CT molecular complexity index is 95.0. The second-order valence-corrected chi connectivity index (χ2v) is 2.57. The molecule has 0 rings (SSSR count). The maximum atomic E-state index is 10.1. The second kappa shape index (κ2) is 4.64. The molecule has 54 valence electrons. The standard InChI is InChI=1S/C5H11NO2S/c1-4(6)3-9-8-5(2)7/h4H,3,6H2,1-2H3. The summed E-state index contributed by atoms with van der Waals surface area (Å²) in [6.07, 6.45) is 0. The average molecular weight is 149 g/mol. The fourth-order valence-corrected chi connectivity index (χ4v) is 0.673. The van der Waals surface area contributed by atoms with Crippen LogP contribution in [0.4, 0.5) is 0 Å². The van der Waals surface area contributed by atoms with E-state index in [0.29, 0.717) is 5.75 Å². The molecule has 0 saturated heterocycles. The monoisotopic (exact) mass is 149 g/mol. The molecule has 0 aromatic carbocycles. The fourth-order valence-electron chi connectivity index (χ4n) is 0.224. The van der Waals surface area contributed by atoms with Crippen molar-refractivity contribution >= 4 is 18.0 Å². The number of carbonyl (C=O) groups is 1. The first-order valence-corrected chi connectivity index (χ1v) is 3.59. The summed E-state index contributed by atoms with van der Waals surface area (Å²) in [6.45, 7) is 3.23. The molecule has 3 nitrogen and oxygen atoms in total. The fraction of sp³-hybridized carbons (Fsp3) is 0.800. The van der Waals surface area contributed by atoms with E-state index in [4.69, 9.17) is 5.73 Å². The zero-order valence-electron chi connectivity index (χ0n) is 5.59. The maximum absolute atomic E-state index is 10.1. The molecule has 0 spiro atoms. The van der Waals surface area contributed by atoms with Crippen molar-refractivity contribution < 1.29 is 8.98 Å². The Labute approximate surface area is 59.1 Å². The molecule has 0 heterocycles. The minimum absolute atomic E-state index is 0.0781. The lowest BCUT2D eigenvalue weighted by atomic mass is 10.4. The van der Waals surface area contributed by atoms with Gasteiger partial charge >= 0.3 is 5.97 Å². The summed E-state index contributed by atoms with van der Waals surface area (Å²) in [6, 6.07) is 0.0781.